The largest absolute Gasteiger partial charge is 0.369 e. The Labute approximate surface area is 168 Å². The lowest BCUT2D eigenvalue weighted by Gasteiger charge is -2.34. The van der Waals surface area contributed by atoms with Crippen LogP contribution in [0.25, 0.3) is 0 Å². The number of carbonyl (C=O) groups excluding carboxylic acids is 1. The van der Waals surface area contributed by atoms with Gasteiger partial charge >= 0.3 is 0 Å². The number of nitrogens with zero attached hydrogens (tertiary/aromatic N) is 2. The van der Waals surface area contributed by atoms with E-state index in [-0.39, 0.29) is 10.9 Å². The van der Waals surface area contributed by atoms with Gasteiger partial charge in [-0.15, -0.1) is 0 Å². The molecule has 1 amide bonds. The van der Waals surface area contributed by atoms with Crippen LogP contribution < -0.4 is 10.2 Å². The number of sulfonamides is 1. The zero-order valence-electron chi connectivity index (χ0n) is 14.7. The predicted molar refractivity (Wildman–Crippen MR) is 109 cm³/mol. The summed E-state index contributed by atoms with van der Waals surface area (Å²) in [5.74, 6) is -0.336. The minimum absolute atomic E-state index is 0.219. The van der Waals surface area contributed by atoms with Crippen LogP contribution in [0.3, 0.4) is 0 Å². The van der Waals surface area contributed by atoms with Crippen LogP contribution in [-0.2, 0) is 10.0 Å². The fourth-order valence-corrected chi connectivity index (χ4v) is 4.12. The van der Waals surface area contributed by atoms with Gasteiger partial charge in [-0.3, -0.25) is 4.79 Å². The lowest BCUT2D eigenvalue weighted by atomic mass is 10.2. The maximum Gasteiger partial charge on any atom is 0.257 e. The van der Waals surface area contributed by atoms with Crippen molar-refractivity contribution in [2.24, 2.45) is 0 Å². The summed E-state index contributed by atoms with van der Waals surface area (Å²) in [6.07, 6.45) is 1.23. The molecule has 1 fully saturated rings. The molecule has 1 N–H and O–H groups in total. The first-order chi connectivity index (χ1) is 12.8. The molecule has 0 atom stereocenters. The first-order valence-electron chi connectivity index (χ1n) is 8.31. The molecule has 0 unspecified atom stereocenters. The van der Waals surface area contributed by atoms with Crippen molar-refractivity contribution in [3.63, 3.8) is 0 Å². The molecule has 6 nitrogen and oxygen atoms in total. The smallest absolute Gasteiger partial charge is 0.257 e. The molecule has 1 aliphatic rings. The lowest BCUT2D eigenvalue weighted by molar-refractivity contribution is 0.102. The van der Waals surface area contributed by atoms with Crippen LogP contribution >= 0.6 is 23.2 Å². The van der Waals surface area contributed by atoms with Gasteiger partial charge < -0.3 is 10.2 Å². The predicted octanol–water partition coefficient (Wildman–Crippen LogP) is 3.33. The fraction of sp³-hybridized carbons (Fsp3) is 0.278. The molecular formula is C18H19Cl2N3O3S. The average Bonchev–Trinajstić information content (AvgIpc) is 2.64. The van der Waals surface area contributed by atoms with E-state index in [1.54, 1.807) is 30.3 Å². The van der Waals surface area contributed by atoms with Crippen molar-refractivity contribution in [3.8, 4) is 0 Å². The number of amides is 1. The second-order valence-corrected chi connectivity index (χ2v) is 9.02. The van der Waals surface area contributed by atoms with Crippen molar-refractivity contribution < 1.29 is 13.2 Å². The molecule has 0 bridgehead atoms. The maximum atomic E-state index is 12.4. The number of hydrogen-bond donors (Lipinski definition) is 1. The van der Waals surface area contributed by atoms with E-state index in [2.05, 4.69) is 10.2 Å². The van der Waals surface area contributed by atoms with E-state index >= 15 is 0 Å². The highest BCUT2D eigenvalue weighted by atomic mass is 35.5. The summed E-state index contributed by atoms with van der Waals surface area (Å²) in [6.45, 7) is 2.17. The van der Waals surface area contributed by atoms with Gasteiger partial charge in [-0.25, -0.2) is 8.42 Å². The van der Waals surface area contributed by atoms with Gasteiger partial charge in [0, 0.05) is 37.6 Å². The Morgan fingerprint density at radius 1 is 1.00 bits per heavy atom. The minimum atomic E-state index is -3.15. The van der Waals surface area contributed by atoms with Gasteiger partial charge in [0.2, 0.25) is 10.0 Å². The van der Waals surface area contributed by atoms with E-state index in [0.29, 0.717) is 42.5 Å². The normalized spacial score (nSPS) is 15.6. The SMILES string of the molecule is CS(=O)(=O)N1CCN(c2ccc(NC(=O)c3cccc(Cl)c3Cl)cc2)CC1. The number of halogens is 2. The van der Waals surface area contributed by atoms with Gasteiger partial charge in [0.25, 0.3) is 5.91 Å². The molecule has 2 aromatic carbocycles. The van der Waals surface area contributed by atoms with Gasteiger partial charge in [-0.2, -0.15) is 4.31 Å². The Morgan fingerprint density at radius 2 is 1.63 bits per heavy atom. The van der Waals surface area contributed by atoms with Gasteiger partial charge in [0.05, 0.1) is 21.9 Å². The molecule has 0 aliphatic carbocycles. The Balaban J connectivity index is 1.64. The van der Waals surface area contributed by atoms with E-state index in [9.17, 15) is 13.2 Å². The Hall–Kier alpha value is -1.80. The van der Waals surface area contributed by atoms with Crippen LogP contribution in [0.2, 0.25) is 10.0 Å². The van der Waals surface area contributed by atoms with E-state index in [1.165, 1.54) is 10.6 Å². The van der Waals surface area contributed by atoms with E-state index in [4.69, 9.17) is 23.2 Å². The summed E-state index contributed by atoms with van der Waals surface area (Å²) in [5, 5.41) is 3.34. The quantitative estimate of drug-likeness (QED) is 0.811. The third kappa shape index (κ3) is 4.73. The number of anilines is 2. The summed E-state index contributed by atoms with van der Waals surface area (Å²) in [4.78, 5) is 14.5. The molecule has 1 aliphatic heterocycles. The van der Waals surface area contributed by atoms with Gasteiger partial charge in [0.1, 0.15) is 0 Å². The second kappa shape index (κ2) is 8.06. The molecule has 0 saturated carbocycles. The van der Waals surface area contributed by atoms with Gasteiger partial charge in [0.15, 0.2) is 0 Å². The molecular weight excluding hydrogens is 409 g/mol. The van der Waals surface area contributed by atoms with Gasteiger partial charge in [-0.1, -0.05) is 29.3 Å². The van der Waals surface area contributed by atoms with Crippen molar-refractivity contribution in [3.05, 3.63) is 58.1 Å². The fourth-order valence-electron chi connectivity index (χ4n) is 2.91. The number of rotatable bonds is 4. The van der Waals surface area contributed by atoms with Crippen LogP contribution in [-0.4, -0.2) is 51.1 Å². The van der Waals surface area contributed by atoms with Crippen LogP contribution in [0.5, 0.6) is 0 Å². The first kappa shape index (κ1) is 19.9. The number of hydrogen-bond acceptors (Lipinski definition) is 4. The highest BCUT2D eigenvalue weighted by Crippen LogP contribution is 2.26. The van der Waals surface area contributed by atoms with E-state index in [0.717, 1.165) is 5.69 Å². The second-order valence-electron chi connectivity index (χ2n) is 6.25. The third-order valence-corrected chi connectivity index (χ3v) is 6.52. The topological polar surface area (TPSA) is 69.7 Å². The Morgan fingerprint density at radius 3 is 2.22 bits per heavy atom. The van der Waals surface area contributed by atoms with Crippen LogP contribution in [0.4, 0.5) is 11.4 Å². The minimum Gasteiger partial charge on any atom is -0.369 e. The van der Waals surface area contributed by atoms with Crippen molar-refractivity contribution in [2.75, 3.05) is 42.7 Å². The summed E-state index contributed by atoms with van der Waals surface area (Å²) >= 11 is 12.0. The number of benzene rings is 2. The molecule has 1 saturated heterocycles. The van der Waals surface area contributed by atoms with Crippen molar-refractivity contribution in [2.45, 2.75) is 0 Å². The van der Waals surface area contributed by atoms with Crippen LogP contribution in [0.15, 0.2) is 42.5 Å². The molecule has 9 heteroatoms. The summed E-state index contributed by atoms with van der Waals surface area (Å²) in [7, 11) is -3.15. The maximum absolute atomic E-state index is 12.4. The Bertz CT molecular complexity index is 941. The zero-order valence-corrected chi connectivity index (χ0v) is 17.0. The highest BCUT2D eigenvalue weighted by molar-refractivity contribution is 7.88. The molecule has 3 rings (SSSR count). The molecule has 1 heterocycles. The molecule has 2 aromatic rings. The summed E-state index contributed by atoms with van der Waals surface area (Å²) in [6, 6.07) is 12.3. The van der Waals surface area contributed by atoms with Crippen molar-refractivity contribution in [1.82, 2.24) is 4.31 Å². The number of nitrogens with one attached hydrogen (secondary N) is 1. The van der Waals surface area contributed by atoms with Crippen LogP contribution in [0, 0.1) is 0 Å². The number of carbonyl (C=O) groups is 1. The van der Waals surface area contributed by atoms with E-state index in [1.807, 2.05) is 12.1 Å². The number of piperazine rings is 1. The first-order valence-corrected chi connectivity index (χ1v) is 10.9. The lowest BCUT2D eigenvalue weighted by Crippen LogP contribution is -2.48. The molecule has 0 radical (unpaired) electrons. The third-order valence-electron chi connectivity index (χ3n) is 4.39. The van der Waals surface area contributed by atoms with E-state index < -0.39 is 10.0 Å². The van der Waals surface area contributed by atoms with Crippen molar-refractivity contribution in [1.29, 1.82) is 0 Å². The van der Waals surface area contributed by atoms with Crippen molar-refractivity contribution >= 4 is 50.5 Å². The van der Waals surface area contributed by atoms with Gasteiger partial charge in [-0.05, 0) is 36.4 Å². The average molecular weight is 428 g/mol. The van der Waals surface area contributed by atoms with Crippen LogP contribution in [0.1, 0.15) is 10.4 Å². The molecule has 27 heavy (non-hydrogen) atoms. The zero-order chi connectivity index (χ0) is 19.6. The summed E-state index contributed by atoms with van der Waals surface area (Å²) in [5.41, 5.74) is 1.92. The summed E-state index contributed by atoms with van der Waals surface area (Å²) < 4.78 is 24.7. The standard InChI is InChI=1S/C18H19Cl2N3O3S/c1-27(25,26)23-11-9-22(10-12-23)14-7-5-13(6-8-14)21-18(24)15-3-2-4-16(19)17(15)20/h2-8H,9-12H2,1H3,(H,21,24). The monoisotopic (exact) mass is 427 g/mol. The highest BCUT2D eigenvalue weighted by Gasteiger charge is 2.23. The molecule has 0 aromatic heterocycles. The molecule has 0 spiro atoms. The molecule has 144 valence electrons. The Kier molecular flexibility index (Phi) is 5.95.